The number of halogens is 4. The molecule has 0 aromatic heterocycles. The number of hydrogen-bond acceptors (Lipinski definition) is 0. The zero-order valence-electron chi connectivity index (χ0n) is 9.62. The predicted octanol–water partition coefficient (Wildman–Crippen LogP) is 5.95. The van der Waals surface area contributed by atoms with Gasteiger partial charge in [0.2, 0.25) is 0 Å². The summed E-state index contributed by atoms with van der Waals surface area (Å²) in [7, 11) is 0. The molecule has 0 aromatic rings. The molecule has 96 valence electrons. The Morgan fingerprint density at radius 1 is 0.706 bits per heavy atom. The summed E-state index contributed by atoms with van der Waals surface area (Å²) in [6, 6.07) is 0. The molecule has 0 aromatic carbocycles. The third-order valence-corrected chi connectivity index (χ3v) is 11.7. The van der Waals surface area contributed by atoms with Gasteiger partial charge in [-0.3, -0.25) is 0 Å². The Morgan fingerprint density at radius 3 is 1.65 bits per heavy atom. The average Bonchev–Trinajstić information content (AvgIpc) is 2.99. The summed E-state index contributed by atoms with van der Waals surface area (Å²) in [6.07, 6.45) is 9.93. The van der Waals surface area contributed by atoms with Gasteiger partial charge in [-0.1, -0.05) is 83.0 Å². The van der Waals surface area contributed by atoms with E-state index in [9.17, 15) is 0 Å². The topological polar surface area (TPSA) is 0 Å². The van der Waals surface area contributed by atoms with Crippen molar-refractivity contribution in [1.29, 1.82) is 0 Å². The summed E-state index contributed by atoms with van der Waals surface area (Å²) in [5.41, 5.74) is 1.09. The van der Waals surface area contributed by atoms with Gasteiger partial charge in [-0.05, 0) is 37.5 Å². The van der Waals surface area contributed by atoms with Gasteiger partial charge < -0.3 is 0 Å². The van der Waals surface area contributed by atoms with E-state index in [1.54, 1.807) is 0 Å². The van der Waals surface area contributed by atoms with Crippen molar-refractivity contribution in [3.8, 4) is 0 Å². The Hall–Kier alpha value is 1.92. The molecule has 4 aliphatic rings. The van der Waals surface area contributed by atoms with Crippen LogP contribution in [0, 0.1) is 22.7 Å². The van der Waals surface area contributed by atoms with Crippen molar-refractivity contribution >= 4 is 63.7 Å². The molecule has 0 amide bonds. The number of fused-ring (bicyclic) bond motifs is 1. The minimum Gasteiger partial charge on any atom is -0.0721 e. The van der Waals surface area contributed by atoms with E-state index < -0.39 is 0 Å². The quantitative estimate of drug-likeness (QED) is 0.367. The minimum atomic E-state index is 0.254. The minimum absolute atomic E-state index is 0.254. The van der Waals surface area contributed by atoms with Crippen LogP contribution in [0.1, 0.15) is 44.9 Å². The summed E-state index contributed by atoms with van der Waals surface area (Å²) < 4.78 is 0.534. The number of alkyl halides is 4. The van der Waals surface area contributed by atoms with Gasteiger partial charge in [-0.15, -0.1) is 0 Å². The van der Waals surface area contributed by atoms with Crippen molar-refractivity contribution in [2.24, 2.45) is 22.7 Å². The monoisotopic (exact) mass is 488 g/mol. The lowest BCUT2D eigenvalue weighted by molar-refractivity contribution is 0.214. The molecule has 0 N–H and O–H groups in total. The lowest BCUT2D eigenvalue weighted by Gasteiger charge is -2.26. The smallest absolute Gasteiger partial charge is 0.0721 e. The van der Waals surface area contributed by atoms with Gasteiger partial charge in [0, 0.05) is 10.8 Å². The van der Waals surface area contributed by atoms with Crippen LogP contribution in [0.15, 0.2) is 0 Å². The molecule has 0 nitrogen and oxygen atoms in total. The first kappa shape index (κ1) is 12.6. The van der Waals surface area contributed by atoms with Gasteiger partial charge in [0.1, 0.15) is 0 Å². The summed E-state index contributed by atoms with van der Waals surface area (Å²) in [4.78, 5) is 0. The molecule has 0 unspecified atom stereocenters. The van der Waals surface area contributed by atoms with Crippen molar-refractivity contribution in [3.05, 3.63) is 0 Å². The molecule has 0 spiro atoms. The lowest BCUT2D eigenvalue weighted by Crippen LogP contribution is -2.19. The van der Waals surface area contributed by atoms with Crippen LogP contribution in [0.25, 0.3) is 0 Å². The fourth-order valence-electron chi connectivity index (χ4n) is 5.18. The molecule has 0 radical (unpaired) electrons. The molecular weight excluding hydrogens is 476 g/mol. The number of hydrogen-bond donors (Lipinski definition) is 0. The predicted molar refractivity (Wildman–Crippen MR) is 85.3 cm³/mol. The maximum Gasteiger partial charge on any atom is 0.0929 e. The van der Waals surface area contributed by atoms with Crippen LogP contribution < -0.4 is 0 Å². The lowest BCUT2D eigenvalue weighted by atomic mass is 9.77. The Labute approximate surface area is 137 Å². The molecule has 4 fully saturated rings. The zero-order chi connectivity index (χ0) is 12.1. The van der Waals surface area contributed by atoms with E-state index in [-0.39, 0.29) is 6.47 Å². The van der Waals surface area contributed by atoms with Gasteiger partial charge in [0.05, 0.1) is 6.47 Å². The van der Waals surface area contributed by atoms with Crippen LogP contribution in [0.5, 0.6) is 0 Å². The molecule has 0 saturated heterocycles. The van der Waals surface area contributed by atoms with Gasteiger partial charge >= 0.3 is 0 Å². The standard InChI is InChI=1S/C13H16Br4/c14-12(15)8-6-10-4-2-1-3-5-11(10,7-9(8)12)13(10,16)17/h8-9H,1-7H2/t8-,9+,10-,11-/m1/s1. The molecule has 4 heteroatoms. The van der Waals surface area contributed by atoms with Crippen molar-refractivity contribution in [3.63, 3.8) is 0 Å². The molecule has 4 atom stereocenters. The second-order valence-electron chi connectivity index (χ2n) is 6.60. The molecule has 4 rings (SSSR count). The van der Waals surface area contributed by atoms with E-state index in [4.69, 9.17) is 0 Å². The van der Waals surface area contributed by atoms with Crippen LogP contribution in [-0.2, 0) is 0 Å². The first-order valence-corrected chi connectivity index (χ1v) is 9.82. The largest absolute Gasteiger partial charge is 0.0929 e. The average molecular weight is 492 g/mol. The Kier molecular flexibility index (Phi) is 2.52. The highest BCUT2D eigenvalue weighted by Gasteiger charge is 2.89. The fraction of sp³-hybridized carbons (Fsp3) is 1.00. The van der Waals surface area contributed by atoms with Crippen molar-refractivity contribution in [2.75, 3.05) is 0 Å². The molecular formula is C13H16Br4. The van der Waals surface area contributed by atoms with Crippen LogP contribution in [-0.4, -0.2) is 6.47 Å². The summed E-state index contributed by atoms with van der Waals surface area (Å²) in [5, 5.41) is 0. The summed E-state index contributed by atoms with van der Waals surface area (Å²) >= 11 is 15.9. The number of rotatable bonds is 0. The third kappa shape index (κ3) is 1.22. The molecule has 4 aliphatic carbocycles. The summed E-state index contributed by atoms with van der Waals surface area (Å²) in [5.74, 6) is 1.70. The van der Waals surface area contributed by atoms with Crippen LogP contribution in [0.3, 0.4) is 0 Å². The van der Waals surface area contributed by atoms with E-state index >= 15 is 0 Å². The van der Waals surface area contributed by atoms with E-state index in [2.05, 4.69) is 63.7 Å². The van der Waals surface area contributed by atoms with E-state index in [1.165, 1.54) is 44.9 Å². The molecule has 0 heterocycles. The second-order valence-corrected chi connectivity index (χ2v) is 13.7. The van der Waals surface area contributed by atoms with E-state index in [0.29, 0.717) is 10.8 Å². The SMILES string of the molecule is BrC1(Br)[C@@H]2C[C@]34CCCCC[C@]3(C[C@@H]21)C4(Br)Br. The Bertz CT molecular complexity index is 359. The maximum absolute atomic E-state index is 4.06. The van der Waals surface area contributed by atoms with Crippen molar-refractivity contribution in [2.45, 2.75) is 51.4 Å². The van der Waals surface area contributed by atoms with Crippen LogP contribution >= 0.6 is 63.7 Å². The Balaban J connectivity index is 1.75. The van der Waals surface area contributed by atoms with Gasteiger partial charge in [-0.25, -0.2) is 0 Å². The molecule has 0 bridgehead atoms. The van der Waals surface area contributed by atoms with Crippen molar-refractivity contribution < 1.29 is 0 Å². The second kappa shape index (κ2) is 3.39. The van der Waals surface area contributed by atoms with Crippen molar-refractivity contribution in [1.82, 2.24) is 0 Å². The first-order chi connectivity index (χ1) is 7.89. The fourth-order valence-corrected chi connectivity index (χ4v) is 9.60. The normalized spacial score (nSPS) is 57.2. The first-order valence-electron chi connectivity index (χ1n) is 6.65. The zero-order valence-corrected chi connectivity index (χ0v) is 16.0. The Morgan fingerprint density at radius 2 is 1.18 bits per heavy atom. The maximum atomic E-state index is 4.06. The van der Waals surface area contributed by atoms with Crippen LogP contribution in [0.2, 0.25) is 0 Å². The third-order valence-electron chi connectivity index (χ3n) is 6.26. The van der Waals surface area contributed by atoms with Gasteiger partial charge in [0.25, 0.3) is 0 Å². The molecule has 0 aliphatic heterocycles. The van der Waals surface area contributed by atoms with Crippen LogP contribution in [0.4, 0.5) is 0 Å². The van der Waals surface area contributed by atoms with Gasteiger partial charge in [0.15, 0.2) is 0 Å². The summed E-state index contributed by atoms with van der Waals surface area (Å²) in [6.45, 7) is 0. The molecule has 4 saturated carbocycles. The highest BCUT2D eigenvalue weighted by molar-refractivity contribution is 9.26. The highest BCUT2D eigenvalue weighted by atomic mass is 79.9. The van der Waals surface area contributed by atoms with E-state index in [0.717, 1.165) is 11.8 Å². The van der Waals surface area contributed by atoms with Gasteiger partial charge in [-0.2, -0.15) is 0 Å². The highest BCUT2D eigenvalue weighted by Crippen LogP contribution is 2.93. The van der Waals surface area contributed by atoms with E-state index in [1.807, 2.05) is 0 Å². The molecule has 17 heavy (non-hydrogen) atoms.